The third-order valence-electron chi connectivity index (χ3n) is 4.98. The van der Waals surface area contributed by atoms with Crippen LogP contribution in [0.15, 0.2) is 56.4 Å². The van der Waals surface area contributed by atoms with Crippen molar-refractivity contribution in [2.45, 2.75) is 31.5 Å². The van der Waals surface area contributed by atoms with Gasteiger partial charge in [0.15, 0.2) is 0 Å². The van der Waals surface area contributed by atoms with Gasteiger partial charge >= 0.3 is 0 Å². The lowest BCUT2D eigenvalue weighted by molar-refractivity contribution is -0.118. The van der Waals surface area contributed by atoms with Gasteiger partial charge in [0.1, 0.15) is 0 Å². The van der Waals surface area contributed by atoms with E-state index in [1.165, 1.54) is 0 Å². The maximum Gasteiger partial charge on any atom is 0.241 e. The lowest BCUT2D eigenvalue weighted by atomic mass is 9.96. The third kappa shape index (κ3) is 2.57. The van der Waals surface area contributed by atoms with Crippen LogP contribution in [0.5, 0.6) is 0 Å². The second-order valence-corrected chi connectivity index (χ2v) is 6.63. The van der Waals surface area contributed by atoms with Crippen LogP contribution in [0.4, 0.5) is 5.69 Å². The third-order valence-corrected chi connectivity index (χ3v) is 4.98. The number of fused-ring (bicyclic) bond motifs is 2. The molecule has 7 heteroatoms. The van der Waals surface area contributed by atoms with Gasteiger partial charge in [0.05, 0.1) is 42.6 Å². The molecule has 1 unspecified atom stereocenters. The quantitative estimate of drug-likeness (QED) is 0.891. The SMILES string of the molecule is O=C(Nc1ccc2c(c1)C(c1ccoc1)=NC2)[C@H]1CCC2=NN=CC2N1. The molecule has 0 aliphatic carbocycles. The van der Waals surface area contributed by atoms with E-state index in [4.69, 9.17) is 4.42 Å². The number of carbonyl (C=O) groups excluding carboxylic acids is 1. The maximum atomic E-state index is 12.7. The van der Waals surface area contributed by atoms with Crippen LogP contribution in [-0.4, -0.2) is 35.6 Å². The molecular formula is C19H17N5O2. The van der Waals surface area contributed by atoms with E-state index in [1.807, 2.05) is 24.3 Å². The molecular weight excluding hydrogens is 330 g/mol. The van der Waals surface area contributed by atoms with E-state index in [0.717, 1.165) is 46.6 Å². The van der Waals surface area contributed by atoms with Gasteiger partial charge in [-0.3, -0.25) is 15.1 Å². The Morgan fingerprint density at radius 2 is 2.27 bits per heavy atom. The van der Waals surface area contributed by atoms with Crippen LogP contribution < -0.4 is 10.6 Å². The molecule has 0 saturated carbocycles. The van der Waals surface area contributed by atoms with Crippen LogP contribution in [0.2, 0.25) is 0 Å². The zero-order valence-electron chi connectivity index (χ0n) is 14.0. The van der Waals surface area contributed by atoms with Gasteiger partial charge in [-0.05, 0) is 36.6 Å². The largest absolute Gasteiger partial charge is 0.472 e. The number of carbonyl (C=O) groups is 1. The van der Waals surface area contributed by atoms with Gasteiger partial charge < -0.3 is 9.73 Å². The molecule has 2 atom stereocenters. The van der Waals surface area contributed by atoms with Gasteiger partial charge in [-0.2, -0.15) is 10.2 Å². The molecule has 5 rings (SSSR count). The van der Waals surface area contributed by atoms with Gasteiger partial charge in [0, 0.05) is 23.0 Å². The smallest absolute Gasteiger partial charge is 0.241 e. The summed E-state index contributed by atoms with van der Waals surface area (Å²) in [5.74, 6) is -0.0379. The molecule has 3 aliphatic heterocycles. The van der Waals surface area contributed by atoms with E-state index in [1.54, 1.807) is 18.7 Å². The highest BCUT2D eigenvalue weighted by Crippen LogP contribution is 2.26. The van der Waals surface area contributed by atoms with Crippen molar-refractivity contribution in [3.63, 3.8) is 0 Å². The Balaban J connectivity index is 1.33. The van der Waals surface area contributed by atoms with E-state index < -0.39 is 0 Å². The van der Waals surface area contributed by atoms with E-state index in [9.17, 15) is 4.79 Å². The average molecular weight is 347 g/mol. The van der Waals surface area contributed by atoms with Crippen molar-refractivity contribution in [3.05, 3.63) is 53.5 Å². The van der Waals surface area contributed by atoms with E-state index in [-0.39, 0.29) is 18.0 Å². The summed E-state index contributed by atoms with van der Waals surface area (Å²) in [4.78, 5) is 17.3. The summed E-state index contributed by atoms with van der Waals surface area (Å²) < 4.78 is 5.17. The van der Waals surface area contributed by atoms with Crippen LogP contribution in [0.3, 0.4) is 0 Å². The van der Waals surface area contributed by atoms with Crippen LogP contribution in [0.1, 0.15) is 29.5 Å². The zero-order chi connectivity index (χ0) is 17.5. The van der Waals surface area contributed by atoms with Gasteiger partial charge in [-0.25, -0.2) is 0 Å². The van der Waals surface area contributed by atoms with Crippen LogP contribution in [0, 0.1) is 0 Å². The number of aliphatic imine (C=N–C) groups is 1. The van der Waals surface area contributed by atoms with E-state index in [0.29, 0.717) is 6.54 Å². The summed E-state index contributed by atoms with van der Waals surface area (Å²) in [5.41, 5.74) is 5.83. The molecule has 3 aliphatic rings. The Morgan fingerprint density at radius 1 is 1.31 bits per heavy atom. The number of hydrogen-bond acceptors (Lipinski definition) is 6. The maximum absolute atomic E-state index is 12.7. The standard InChI is InChI=1S/C19H17N5O2/c25-19(16-4-3-15-17(23-16)9-21-24-15)22-13-2-1-11-8-20-18(14(11)7-13)12-5-6-26-10-12/h1-2,5-7,9-10,16-17,23H,3-4,8H2,(H,22,25)/t16-,17?/m1/s1. The average Bonchev–Trinajstić information content (AvgIpc) is 3.40. The highest BCUT2D eigenvalue weighted by molar-refractivity contribution is 6.15. The van der Waals surface area contributed by atoms with Crippen molar-refractivity contribution in [3.8, 4) is 0 Å². The molecule has 2 N–H and O–H groups in total. The monoisotopic (exact) mass is 347 g/mol. The highest BCUT2D eigenvalue weighted by Gasteiger charge is 2.31. The van der Waals surface area contributed by atoms with Crippen molar-refractivity contribution in [2.75, 3.05) is 5.32 Å². The van der Waals surface area contributed by atoms with Crippen LogP contribution >= 0.6 is 0 Å². The second kappa shape index (κ2) is 6.03. The summed E-state index contributed by atoms with van der Waals surface area (Å²) in [6.07, 6.45) is 6.58. The number of hydrogen-bond donors (Lipinski definition) is 2. The van der Waals surface area contributed by atoms with Crippen LogP contribution in [-0.2, 0) is 11.3 Å². The molecule has 26 heavy (non-hydrogen) atoms. The summed E-state index contributed by atoms with van der Waals surface area (Å²) in [5, 5.41) is 14.3. The minimum atomic E-state index is -0.251. The lowest BCUT2D eigenvalue weighted by Crippen LogP contribution is -2.52. The summed E-state index contributed by atoms with van der Waals surface area (Å²) in [6.45, 7) is 0.650. The minimum absolute atomic E-state index is 0.0145. The fraction of sp³-hybridized carbons (Fsp3) is 0.263. The molecule has 1 saturated heterocycles. The first-order valence-electron chi connectivity index (χ1n) is 8.65. The summed E-state index contributed by atoms with van der Waals surface area (Å²) in [6, 6.07) is 7.56. The Bertz CT molecular complexity index is 958. The number of amides is 1. The predicted molar refractivity (Wildman–Crippen MR) is 99.0 cm³/mol. The number of anilines is 1. The molecule has 0 bridgehead atoms. The topological polar surface area (TPSA) is 91.4 Å². The zero-order valence-corrected chi connectivity index (χ0v) is 14.0. The Labute approximate surface area is 149 Å². The van der Waals surface area contributed by atoms with Crippen molar-refractivity contribution < 1.29 is 9.21 Å². The van der Waals surface area contributed by atoms with Gasteiger partial charge in [-0.15, -0.1) is 0 Å². The first-order valence-corrected chi connectivity index (χ1v) is 8.65. The first kappa shape index (κ1) is 15.2. The molecule has 1 aromatic heterocycles. The molecule has 1 aromatic carbocycles. The van der Waals surface area contributed by atoms with Crippen molar-refractivity contribution in [1.29, 1.82) is 0 Å². The molecule has 4 heterocycles. The number of rotatable bonds is 3. The predicted octanol–water partition coefficient (Wildman–Crippen LogP) is 2.13. The number of benzene rings is 1. The molecule has 7 nitrogen and oxygen atoms in total. The second-order valence-electron chi connectivity index (χ2n) is 6.63. The lowest BCUT2D eigenvalue weighted by Gasteiger charge is -2.27. The molecule has 1 amide bonds. The van der Waals surface area contributed by atoms with Crippen molar-refractivity contribution >= 4 is 29.2 Å². The number of nitrogens with zero attached hydrogens (tertiary/aromatic N) is 3. The van der Waals surface area contributed by atoms with Crippen molar-refractivity contribution in [1.82, 2.24) is 5.32 Å². The Morgan fingerprint density at radius 3 is 3.15 bits per heavy atom. The summed E-state index contributed by atoms with van der Waals surface area (Å²) in [7, 11) is 0. The highest BCUT2D eigenvalue weighted by atomic mass is 16.3. The molecule has 0 spiro atoms. The first-order chi connectivity index (χ1) is 12.8. The molecule has 2 aromatic rings. The van der Waals surface area contributed by atoms with Gasteiger partial charge in [0.25, 0.3) is 0 Å². The van der Waals surface area contributed by atoms with Crippen molar-refractivity contribution in [2.24, 2.45) is 15.2 Å². The number of nitrogens with one attached hydrogen (secondary N) is 2. The van der Waals surface area contributed by atoms with E-state index >= 15 is 0 Å². The van der Waals surface area contributed by atoms with E-state index in [2.05, 4.69) is 25.8 Å². The van der Waals surface area contributed by atoms with Gasteiger partial charge in [0.2, 0.25) is 5.91 Å². The Kier molecular flexibility index (Phi) is 3.53. The normalized spacial score (nSPS) is 23.2. The molecule has 0 radical (unpaired) electrons. The fourth-order valence-electron chi connectivity index (χ4n) is 3.60. The van der Waals surface area contributed by atoms with Gasteiger partial charge in [-0.1, -0.05) is 6.07 Å². The molecule has 130 valence electrons. The fourth-order valence-corrected chi connectivity index (χ4v) is 3.60. The summed E-state index contributed by atoms with van der Waals surface area (Å²) >= 11 is 0. The molecule has 1 fully saturated rings. The minimum Gasteiger partial charge on any atom is -0.472 e. The number of piperidine rings is 1. The van der Waals surface area contributed by atoms with Crippen LogP contribution in [0.25, 0.3) is 0 Å². The number of furan rings is 1. The Hall–Kier alpha value is -3.06.